The lowest BCUT2D eigenvalue weighted by molar-refractivity contribution is 0.0776. The molecule has 3 nitrogen and oxygen atoms in total. The first-order valence-electron chi connectivity index (χ1n) is 7.23. The molecule has 1 aliphatic carbocycles. The highest BCUT2D eigenvalue weighted by molar-refractivity contribution is 5.96. The summed E-state index contributed by atoms with van der Waals surface area (Å²) in [6.45, 7) is 4.47. The number of halogens is 1. The Morgan fingerprint density at radius 3 is 2.90 bits per heavy atom. The molecule has 110 valence electrons. The Morgan fingerprint density at radius 1 is 1.40 bits per heavy atom. The lowest BCUT2D eigenvalue weighted by Crippen LogP contribution is -2.34. The number of aryl methyl sites for hydroxylation is 1. The number of carbonyl (C=O) groups excluding carboxylic acids is 1. The normalized spacial score (nSPS) is 24.4. The average molecular weight is 295 g/mol. The number of amides is 1. The molecule has 2 aliphatic rings. The van der Waals surface area contributed by atoms with Gasteiger partial charge in [-0.05, 0) is 54.8 Å². The molecule has 1 heterocycles. The van der Waals surface area contributed by atoms with Gasteiger partial charge in [0.05, 0.1) is 0 Å². The zero-order chi connectivity index (χ0) is 13.5. The maximum absolute atomic E-state index is 12.7. The minimum Gasteiger partial charge on any atom is -0.338 e. The summed E-state index contributed by atoms with van der Waals surface area (Å²) in [6, 6.07) is 6.17. The van der Waals surface area contributed by atoms with Gasteiger partial charge in [-0.25, -0.2) is 0 Å². The largest absolute Gasteiger partial charge is 0.338 e. The molecule has 1 aromatic rings. The summed E-state index contributed by atoms with van der Waals surface area (Å²) in [5.74, 6) is 0.205. The summed E-state index contributed by atoms with van der Waals surface area (Å²) < 4.78 is 0. The summed E-state index contributed by atoms with van der Waals surface area (Å²) >= 11 is 0. The van der Waals surface area contributed by atoms with Gasteiger partial charge in [-0.2, -0.15) is 0 Å². The van der Waals surface area contributed by atoms with Crippen LogP contribution in [0.4, 0.5) is 0 Å². The number of rotatable bonds is 2. The number of nitrogens with two attached hydrogens (primary N) is 1. The molecule has 0 saturated carbocycles. The van der Waals surface area contributed by atoms with Crippen molar-refractivity contribution in [3.05, 3.63) is 34.9 Å². The Bertz CT molecular complexity index is 517. The summed E-state index contributed by atoms with van der Waals surface area (Å²) in [6.07, 6.45) is 4.38. The van der Waals surface area contributed by atoms with E-state index in [0.29, 0.717) is 6.54 Å². The summed E-state index contributed by atoms with van der Waals surface area (Å²) in [5.41, 5.74) is 9.51. The highest BCUT2D eigenvalue weighted by Gasteiger charge is 2.36. The zero-order valence-electron chi connectivity index (χ0n) is 12.0. The smallest absolute Gasteiger partial charge is 0.254 e. The first kappa shape index (κ1) is 15.3. The highest BCUT2D eigenvalue weighted by atomic mass is 35.5. The summed E-state index contributed by atoms with van der Waals surface area (Å²) in [7, 11) is 0. The van der Waals surface area contributed by atoms with E-state index < -0.39 is 0 Å². The van der Waals surface area contributed by atoms with E-state index in [4.69, 9.17) is 5.73 Å². The van der Waals surface area contributed by atoms with Gasteiger partial charge in [0.1, 0.15) is 0 Å². The number of hydrogen-bond donors (Lipinski definition) is 1. The monoisotopic (exact) mass is 294 g/mol. The fourth-order valence-corrected chi connectivity index (χ4v) is 3.35. The second-order valence-electron chi connectivity index (χ2n) is 6.29. The third-order valence-electron chi connectivity index (χ3n) is 4.71. The van der Waals surface area contributed by atoms with Crippen molar-refractivity contribution in [2.75, 3.05) is 19.6 Å². The van der Waals surface area contributed by atoms with Gasteiger partial charge in [0.15, 0.2) is 0 Å². The third-order valence-corrected chi connectivity index (χ3v) is 4.71. The van der Waals surface area contributed by atoms with Crippen molar-refractivity contribution in [1.29, 1.82) is 0 Å². The number of carbonyl (C=O) groups is 1. The number of nitrogens with zero attached hydrogens (tertiary/aromatic N) is 1. The van der Waals surface area contributed by atoms with Crippen molar-refractivity contribution in [3.8, 4) is 0 Å². The molecule has 0 aromatic heterocycles. The van der Waals surface area contributed by atoms with Crippen molar-refractivity contribution < 1.29 is 4.79 Å². The molecule has 1 atom stereocenters. The van der Waals surface area contributed by atoms with E-state index in [1.165, 1.54) is 17.5 Å². The van der Waals surface area contributed by atoms with Crippen LogP contribution in [0.2, 0.25) is 0 Å². The van der Waals surface area contributed by atoms with Gasteiger partial charge in [0.25, 0.3) is 5.91 Å². The summed E-state index contributed by atoms with van der Waals surface area (Å²) in [4.78, 5) is 14.7. The minimum absolute atomic E-state index is 0. The van der Waals surface area contributed by atoms with Crippen molar-refractivity contribution in [3.63, 3.8) is 0 Å². The predicted octanol–water partition coefficient (Wildman–Crippen LogP) is 2.41. The maximum Gasteiger partial charge on any atom is 0.254 e. The quantitative estimate of drug-likeness (QED) is 0.910. The highest BCUT2D eigenvalue weighted by Crippen LogP contribution is 2.31. The van der Waals surface area contributed by atoms with Crippen LogP contribution in [0.3, 0.4) is 0 Å². The molecule has 1 amide bonds. The van der Waals surface area contributed by atoms with E-state index in [2.05, 4.69) is 13.0 Å². The van der Waals surface area contributed by atoms with Gasteiger partial charge in [-0.15, -0.1) is 12.4 Å². The molecule has 4 heteroatoms. The van der Waals surface area contributed by atoms with Crippen molar-refractivity contribution in [2.24, 2.45) is 11.1 Å². The van der Waals surface area contributed by atoms with Crippen LogP contribution in [-0.4, -0.2) is 30.4 Å². The molecule has 20 heavy (non-hydrogen) atoms. The fraction of sp³-hybridized carbons (Fsp3) is 0.562. The number of benzene rings is 1. The average Bonchev–Trinajstić information content (AvgIpc) is 3.04. The molecule has 0 radical (unpaired) electrons. The van der Waals surface area contributed by atoms with Crippen LogP contribution in [0.5, 0.6) is 0 Å². The SMILES string of the molecule is CC1(CN)CCN(C(=O)c2cccc3c2CCC3)C1.Cl. The van der Waals surface area contributed by atoms with Gasteiger partial charge in [0, 0.05) is 18.7 Å². The van der Waals surface area contributed by atoms with E-state index in [1.807, 2.05) is 17.0 Å². The Hall–Kier alpha value is -1.06. The van der Waals surface area contributed by atoms with E-state index in [0.717, 1.165) is 37.9 Å². The Morgan fingerprint density at radius 2 is 2.20 bits per heavy atom. The van der Waals surface area contributed by atoms with Gasteiger partial charge in [-0.3, -0.25) is 4.79 Å². The van der Waals surface area contributed by atoms with Crippen LogP contribution in [0.15, 0.2) is 18.2 Å². The maximum atomic E-state index is 12.7. The lowest BCUT2D eigenvalue weighted by atomic mass is 9.90. The van der Waals surface area contributed by atoms with Crippen LogP contribution in [0, 0.1) is 5.41 Å². The zero-order valence-corrected chi connectivity index (χ0v) is 12.8. The standard InChI is InChI=1S/C16H22N2O.ClH/c1-16(10-17)8-9-18(11-16)15(19)14-7-3-5-12-4-2-6-13(12)14;/h3,5,7H,2,4,6,8-11,17H2,1H3;1H. The first-order valence-corrected chi connectivity index (χ1v) is 7.23. The van der Waals surface area contributed by atoms with Crippen molar-refractivity contribution in [2.45, 2.75) is 32.6 Å². The lowest BCUT2D eigenvalue weighted by Gasteiger charge is -2.23. The second-order valence-corrected chi connectivity index (χ2v) is 6.29. The van der Waals surface area contributed by atoms with Gasteiger partial charge in [0.2, 0.25) is 0 Å². The van der Waals surface area contributed by atoms with E-state index in [-0.39, 0.29) is 23.7 Å². The molecule has 0 bridgehead atoms. The molecule has 2 N–H and O–H groups in total. The molecule has 1 unspecified atom stereocenters. The Labute approximate surface area is 126 Å². The molecule has 3 rings (SSSR count). The Balaban J connectivity index is 0.00000147. The molecule has 1 saturated heterocycles. The van der Waals surface area contributed by atoms with Crippen molar-refractivity contribution >= 4 is 18.3 Å². The van der Waals surface area contributed by atoms with E-state index >= 15 is 0 Å². The van der Waals surface area contributed by atoms with Gasteiger partial charge < -0.3 is 10.6 Å². The predicted molar refractivity (Wildman–Crippen MR) is 83.4 cm³/mol. The third kappa shape index (κ3) is 2.57. The van der Waals surface area contributed by atoms with Crippen molar-refractivity contribution in [1.82, 2.24) is 4.90 Å². The first-order chi connectivity index (χ1) is 9.13. The molecular formula is C16H23ClN2O. The van der Waals surface area contributed by atoms with Crippen LogP contribution in [0.1, 0.15) is 41.3 Å². The second kappa shape index (κ2) is 5.74. The Kier molecular flexibility index (Phi) is 4.40. The van der Waals surface area contributed by atoms with Gasteiger partial charge in [-0.1, -0.05) is 19.1 Å². The van der Waals surface area contributed by atoms with Crippen LogP contribution in [0.25, 0.3) is 0 Å². The molecular weight excluding hydrogens is 272 g/mol. The fourth-order valence-electron chi connectivity index (χ4n) is 3.35. The molecule has 1 aliphatic heterocycles. The van der Waals surface area contributed by atoms with E-state index in [1.54, 1.807) is 0 Å². The van der Waals surface area contributed by atoms with Crippen LogP contribution >= 0.6 is 12.4 Å². The number of likely N-dealkylation sites (tertiary alicyclic amines) is 1. The summed E-state index contributed by atoms with van der Waals surface area (Å²) in [5, 5.41) is 0. The topological polar surface area (TPSA) is 46.3 Å². The minimum atomic E-state index is 0. The molecule has 1 aromatic carbocycles. The number of hydrogen-bond acceptors (Lipinski definition) is 2. The molecule has 1 fully saturated rings. The molecule has 0 spiro atoms. The van der Waals surface area contributed by atoms with Crippen LogP contribution < -0.4 is 5.73 Å². The van der Waals surface area contributed by atoms with E-state index in [9.17, 15) is 4.79 Å². The number of fused-ring (bicyclic) bond motifs is 1. The van der Waals surface area contributed by atoms with Gasteiger partial charge >= 0.3 is 0 Å². The van der Waals surface area contributed by atoms with Crippen LogP contribution in [-0.2, 0) is 12.8 Å².